The number of carbonyl (C=O) groups is 1. The van der Waals surface area contributed by atoms with Crippen molar-refractivity contribution in [1.29, 1.82) is 0 Å². The average Bonchev–Trinajstić information content (AvgIpc) is 2.76. The number of carbonyl (C=O) groups excluding carboxylic acids is 1. The molecule has 0 spiro atoms. The van der Waals surface area contributed by atoms with Crippen LogP contribution in [0.1, 0.15) is 34.4 Å². The minimum atomic E-state index is -4.72. The number of rotatable bonds is 4. The quantitative estimate of drug-likeness (QED) is 0.911. The molecule has 0 bridgehead atoms. The van der Waals surface area contributed by atoms with E-state index >= 15 is 0 Å². The molecule has 0 aliphatic rings. The number of pyridine rings is 1. The first-order valence-electron chi connectivity index (χ1n) is 7.12. The number of halogens is 4. The molecule has 2 aromatic heterocycles. The van der Waals surface area contributed by atoms with Crippen molar-refractivity contribution >= 4 is 17.5 Å². The van der Waals surface area contributed by atoms with Gasteiger partial charge in [0.2, 0.25) is 0 Å². The zero-order valence-corrected chi connectivity index (χ0v) is 14.0. The highest BCUT2D eigenvalue weighted by atomic mass is 35.5. The molecular formula is C15H16ClF3N4O. The minimum absolute atomic E-state index is 0.325. The van der Waals surface area contributed by atoms with Gasteiger partial charge >= 0.3 is 6.18 Å². The van der Waals surface area contributed by atoms with Gasteiger partial charge in [-0.3, -0.25) is 14.5 Å². The number of aryl methyl sites for hydroxylation is 2. The third-order valence-electron chi connectivity index (χ3n) is 3.47. The highest BCUT2D eigenvalue weighted by Crippen LogP contribution is 2.35. The highest BCUT2D eigenvalue weighted by Gasteiger charge is 2.39. The van der Waals surface area contributed by atoms with E-state index in [0.29, 0.717) is 6.42 Å². The van der Waals surface area contributed by atoms with Crippen LogP contribution in [-0.2, 0) is 19.6 Å². The Balaban J connectivity index is 2.16. The van der Waals surface area contributed by atoms with Gasteiger partial charge in [-0.15, -0.1) is 0 Å². The average molecular weight is 361 g/mol. The van der Waals surface area contributed by atoms with Gasteiger partial charge in [-0.05, 0) is 25.5 Å². The summed E-state index contributed by atoms with van der Waals surface area (Å²) in [7, 11) is 1.24. The summed E-state index contributed by atoms with van der Waals surface area (Å²) in [5.41, 5.74) is 0.174. The van der Waals surface area contributed by atoms with Crippen molar-refractivity contribution in [2.24, 2.45) is 7.05 Å². The lowest BCUT2D eigenvalue weighted by Crippen LogP contribution is -2.35. The number of alkyl halides is 3. The summed E-state index contributed by atoms with van der Waals surface area (Å²) >= 11 is 5.70. The normalized spacial score (nSPS) is 13.0. The molecule has 0 fully saturated rings. The van der Waals surface area contributed by atoms with Crippen LogP contribution >= 0.6 is 11.6 Å². The van der Waals surface area contributed by atoms with Crippen molar-refractivity contribution in [2.75, 3.05) is 0 Å². The van der Waals surface area contributed by atoms with E-state index in [-0.39, 0.29) is 11.7 Å². The van der Waals surface area contributed by atoms with Crippen LogP contribution in [0.15, 0.2) is 18.3 Å². The molecule has 2 aromatic rings. The van der Waals surface area contributed by atoms with Crippen molar-refractivity contribution in [3.63, 3.8) is 0 Å². The van der Waals surface area contributed by atoms with Crippen LogP contribution in [0, 0.1) is 6.92 Å². The third kappa shape index (κ3) is 3.87. The second kappa shape index (κ2) is 6.80. The van der Waals surface area contributed by atoms with Crippen molar-refractivity contribution in [1.82, 2.24) is 20.1 Å². The maximum atomic E-state index is 12.8. The standard InChI is InChI=1S/C15H16ClF3N4O/c1-8-5-4-6-20-10(8)7-9(2)21-14(24)12-11(16)13(15(17,18)19)22-23(12)3/h4-6,9H,7H2,1-3H3,(H,21,24)/t9-/m0/s1. The Hall–Kier alpha value is -2.09. The largest absolute Gasteiger partial charge is 0.436 e. The van der Waals surface area contributed by atoms with E-state index in [0.717, 1.165) is 15.9 Å². The maximum Gasteiger partial charge on any atom is 0.436 e. The van der Waals surface area contributed by atoms with Gasteiger partial charge in [0, 0.05) is 31.4 Å². The molecule has 1 N–H and O–H groups in total. The van der Waals surface area contributed by atoms with Crippen LogP contribution in [0.4, 0.5) is 13.2 Å². The smallest absolute Gasteiger partial charge is 0.348 e. The lowest BCUT2D eigenvalue weighted by Gasteiger charge is -2.15. The molecule has 2 heterocycles. The van der Waals surface area contributed by atoms with Gasteiger partial charge in [0.05, 0.1) is 0 Å². The van der Waals surface area contributed by atoms with E-state index in [4.69, 9.17) is 11.6 Å². The van der Waals surface area contributed by atoms with Gasteiger partial charge in [-0.1, -0.05) is 17.7 Å². The lowest BCUT2D eigenvalue weighted by molar-refractivity contribution is -0.141. The fraction of sp³-hybridized carbons (Fsp3) is 0.400. The van der Waals surface area contributed by atoms with Crippen LogP contribution < -0.4 is 5.32 Å². The van der Waals surface area contributed by atoms with E-state index in [1.165, 1.54) is 7.05 Å². The van der Waals surface area contributed by atoms with Crippen LogP contribution in [-0.4, -0.2) is 26.7 Å². The molecule has 0 unspecified atom stereocenters. The van der Waals surface area contributed by atoms with E-state index in [2.05, 4.69) is 15.4 Å². The number of aromatic nitrogens is 3. The molecule has 130 valence electrons. The molecule has 24 heavy (non-hydrogen) atoms. The molecule has 9 heteroatoms. The zero-order valence-electron chi connectivity index (χ0n) is 13.3. The molecule has 1 amide bonds. The zero-order chi connectivity index (χ0) is 18.1. The van der Waals surface area contributed by atoms with E-state index < -0.39 is 22.8 Å². The van der Waals surface area contributed by atoms with Gasteiger partial charge in [0.15, 0.2) is 5.69 Å². The summed E-state index contributed by atoms with van der Waals surface area (Å²) in [5.74, 6) is -0.716. The molecule has 2 rings (SSSR count). The number of amides is 1. The summed E-state index contributed by atoms with van der Waals surface area (Å²) in [5, 5.41) is 5.22. The third-order valence-corrected chi connectivity index (χ3v) is 3.83. The van der Waals surface area contributed by atoms with Crippen molar-refractivity contribution < 1.29 is 18.0 Å². The number of nitrogens with zero attached hydrogens (tertiary/aromatic N) is 3. The Kier molecular flexibility index (Phi) is 5.17. The topological polar surface area (TPSA) is 59.8 Å². The molecule has 0 aromatic carbocycles. The Labute approximate surface area is 141 Å². The summed E-state index contributed by atoms with van der Waals surface area (Å²) in [4.78, 5) is 16.5. The number of hydrogen-bond acceptors (Lipinski definition) is 3. The summed E-state index contributed by atoms with van der Waals surface area (Å²) < 4.78 is 39.2. The van der Waals surface area contributed by atoms with Gasteiger partial charge in [0.25, 0.3) is 5.91 Å². The molecule has 0 aliphatic carbocycles. The van der Waals surface area contributed by atoms with Crippen molar-refractivity contribution in [3.8, 4) is 0 Å². The van der Waals surface area contributed by atoms with Crippen LogP contribution in [0.2, 0.25) is 5.02 Å². The van der Waals surface area contributed by atoms with E-state index in [1.807, 2.05) is 13.0 Å². The van der Waals surface area contributed by atoms with E-state index in [9.17, 15) is 18.0 Å². The fourth-order valence-electron chi connectivity index (χ4n) is 2.29. The summed E-state index contributed by atoms with van der Waals surface area (Å²) in [6, 6.07) is 3.35. The second-order valence-corrected chi connectivity index (χ2v) is 5.86. The monoisotopic (exact) mass is 360 g/mol. The van der Waals surface area contributed by atoms with Gasteiger partial charge in [0.1, 0.15) is 10.7 Å². The second-order valence-electron chi connectivity index (χ2n) is 5.48. The first-order chi connectivity index (χ1) is 11.1. The first-order valence-corrected chi connectivity index (χ1v) is 7.50. The van der Waals surface area contributed by atoms with Gasteiger partial charge in [-0.25, -0.2) is 0 Å². The van der Waals surface area contributed by atoms with Gasteiger partial charge < -0.3 is 5.32 Å². The SMILES string of the molecule is Cc1cccnc1C[C@H](C)NC(=O)c1c(Cl)c(C(F)(F)F)nn1C. The van der Waals surface area contributed by atoms with Crippen LogP contribution in [0.5, 0.6) is 0 Å². The van der Waals surface area contributed by atoms with Crippen LogP contribution in [0.3, 0.4) is 0 Å². The molecule has 1 atom stereocenters. The predicted molar refractivity (Wildman–Crippen MR) is 82.8 cm³/mol. The fourth-order valence-corrected chi connectivity index (χ4v) is 2.64. The molecule has 0 saturated heterocycles. The lowest BCUT2D eigenvalue weighted by atomic mass is 10.1. The summed E-state index contributed by atoms with van der Waals surface area (Å²) in [6.07, 6.45) is -2.63. The van der Waals surface area contributed by atoms with Gasteiger partial charge in [-0.2, -0.15) is 18.3 Å². The molecule has 5 nitrogen and oxygen atoms in total. The molecule has 0 saturated carbocycles. The van der Waals surface area contributed by atoms with Crippen molar-refractivity contribution in [3.05, 3.63) is 46.0 Å². The van der Waals surface area contributed by atoms with Crippen molar-refractivity contribution in [2.45, 2.75) is 32.5 Å². The Bertz CT molecular complexity index is 758. The highest BCUT2D eigenvalue weighted by molar-refractivity contribution is 6.34. The first kappa shape index (κ1) is 18.3. The van der Waals surface area contributed by atoms with E-state index in [1.54, 1.807) is 19.2 Å². The maximum absolute atomic E-state index is 12.8. The number of hydrogen-bond donors (Lipinski definition) is 1. The summed E-state index contributed by atoms with van der Waals surface area (Å²) in [6.45, 7) is 3.63. The Morgan fingerprint density at radius 3 is 2.67 bits per heavy atom. The molecule has 0 radical (unpaired) electrons. The predicted octanol–water partition coefficient (Wildman–Crippen LogP) is 3.16. The Morgan fingerprint density at radius 2 is 2.12 bits per heavy atom. The molecular weight excluding hydrogens is 345 g/mol. The molecule has 0 aliphatic heterocycles. The van der Waals surface area contributed by atoms with Crippen LogP contribution in [0.25, 0.3) is 0 Å². The Morgan fingerprint density at radius 1 is 1.46 bits per heavy atom. The minimum Gasteiger partial charge on any atom is -0.348 e. The number of nitrogens with one attached hydrogen (secondary N) is 1.